The van der Waals surface area contributed by atoms with Crippen LogP contribution in [0, 0.1) is 16.2 Å². The van der Waals surface area contributed by atoms with E-state index in [4.69, 9.17) is 37.9 Å². The van der Waals surface area contributed by atoms with Crippen molar-refractivity contribution in [1.82, 2.24) is 5.32 Å². The summed E-state index contributed by atoms with van der Waals surface area (Å²) in [6.07, 6.45) is 6.19. The predicted octanol–water partition coefficient (Wildman–Crippen LogP) is 13.0. The van der Waals surface area contributed by atoms with E-state index in [1.54, 1.807) is 0 Å². The number of nitrogens with one attached hydrogen (secondary N) is 1. The lowest BCUT2D eigenvalue weighted by Crippen LogP contribution is -2.28. The fourth-order valence-electron chi connectivity index (χ4n) is 5.21. The van der Waals surface area contributed by atoms with E-state index in [1.165, 1.54) is 0 Å². The third-order valence-corrected chi connectivity index (χ3v) is 8.30. The average Bonchev–Trinajstić information content (AvgIpc) is 3.09. The van der Waals surface area contributed by atoms with Gasteiger partial charge in [-0.3, -0.25) is 14.4 Å². The minimum atomic E-state index is -0.137. The largest absolute Gasteiger partial charge is 0.379 e. The summed E-state index contributed by atoms with van der Waals surface area (Å²) in [5.41, 5.74) is 0.0603. The second-order valence-electron chi connectivity index (χ2n) is 26.2. The number of ether oxygens (including phenoxy) is 8. The molecule has 0 unspecified atom stereocenters. The summed E-state index contributed by atoms with van der Waals surface area (Å²) < 4.78 is 44.0. The molecule has 410 valence electrons. The number of Topliss-reactive ketones (excluding diaryl/α,β-unsaturated/α-hetero) is 2. The van der Waals surface area contributed by atoms with Gasteiger partial charge < -0.3 is 43.2 Å². The van der Waals surface area contributed by atoms with E-state index in [2.05, 4.69) is 67.6 Å². The van der Waals surface area contributed by atoms with E-state index in [0.29, 0.717) is 122 Å². The summed E-state index contributed by atoms with van der Waals surface area (Å²) in [5.74, 6) is 0.618. The van der Waals surface area contributed by atoms with E-state index >= 15 is 0 Å². The highest BCUT2D eigenvalue weighted by molar-refractivity contribution is 5.79. The molecule has 0 aliphatic carbocycles. The topological polar surface area (TPSA) is 137 Å². The van der Waals surface area contributed by atoms with Gasteiger partial charge in [-0.2, -0.15) is 0 Å². The Kier molecular flexibility index (Phi) is 40.0. The van der Waals surface area contributed by atoms with Gasteiger partial charge in [0.05, 0.1) is 80.9 Å². The van der Waals surface area contributed by atoms with Gasteiger partial charge in [0.2, 0.25) is 5.91 Å². The lowest BCUT2D eigenvalue weighted by molar-refractivity contribution is -0.123. The highest BCUT2D eigenvalue weighted by atomic mass is 16.6. The molecule has 68 heavy (non-hydrogen) atoms. The molecule has 0 bridgehead atoms. The Balaban J connectivity index is -0.000000416. The Hall–Kier alpha value is -1.51. The predicted molar refractivity (Wildman–Crippen MR) is 284 cm³/mol. The number of hydrogen-bond donors (Lipinski definition) is 1. The van der Waals surface area contributed by atoms with Crippen LogP contribution in [-0.2, 0) is 52.3 Å². The van der Waals surface area contributed by atoms with Gasteiger partial charge in [-0.05, 0) is 146 Å². The summed E-state index contributed by atoms with van der Waals surface area (Å²) >= 11 is 0. The first-order valence-corrected chi connectivity index (χ1v) is 25.7. The molecule has 0 aromatic rings. The van der Waals surface area contributed by atoms with Crippen molar-refractivity contribution in [3.05, 3.63) is 0 Å². The molecule has 0 spiro atoms. The molecular formula is C56H115NO11. The quantitative estimate of drug-likeness (QED) is 0.0750. The molecule has 0 aromatic heterocycles. The van der Waals surface area contributed by atoms with Crippen LogP contribution in [-0.4, -0.2) is 125 Å². The standard InChI is InChI=1S/C19H37NO4.C15H30O3.C12H26O2.C10H22O2/c1-18(2,3)15-17(22)20-11-7-9-16(21)10-8-12-23-13-14-24-19(4,5)6;1-14(2,3)12-13(16)8-7-9-17-10-11-18-15(4,5)6;1-11(2,3)7-8-13-9-10-14-12(4,5)6;1-9(2,3)11-7-8-12-10(4,5)6/h7-15H2,1-6H3,(H,20,22);7-12H2,1-6H3;7-10H2,1-6H3;7-8H2,1-6H3. The molecule has 0 rings (SSSR count). The number of carbonyl (C=O) groups is 3. The van der Waals surface area contributed by atoms with Gasteiger partial charge in [0.15, 0.2) is 0 Å². The second kappa shape index (κ2) is 37.3. The maximum absolute atomic E-state index is 11.7. The Morgan fingerprint density at radius 1 is 0.324 bits per heavy atom. The lowest BCUT2D eigenvalue weighted by atomic mass is 9.89. The second-order valence-corrected chi connectivity index (χ2v) is 26.2. The fraction of sp³-hybridized carbons (Fsp3) is 0.946. The van der Waals surface area contributed by atoms with E-state index in [1.807, 2.05) is 104 Å². The van der Waals surface area contributed by atoms with Crippen LogP contribution in [0.1, 0.15) is 224 Å². The fourth-order valence-corrected chi connectivity index (χ4v) is 5.21. The minimum absolute atomic E-state index is 0.00216. The Labute approximate surface area is 421 Å². The zero-order chi connectivity index (χ0) is 53.9. The van der Waals surface area contributed by atoms with Gasteiger partial charge >= 0.3 is 0 Å². The number of hydrogen-bond acceptors (Lipinski definition) is 11. The number of rotatable bonds is 28. The van der Waals surface area contributed by atoms with Crippen LogP contribution in [0.3, 0.4) is 0 Å². The van der Waals surface area contributed by atoms with Crippen molar-refractivity contribution in [2.45, 2.75) is 252 Å². The van der Waals surface area contributed by atoms with Crippen molar-refractivity contribution in [1.29, 1.82) is 0 Å². The van der Waals surface area contributed by atoms with Crippen LogP contribution in [0.2, 0.25) is 0 Å². The van der Waals surface area contributed by atoms with Gasteiger partial charge in [0.1, 0.15) is 11.6 Å². The molecule has 12 heteroatoms. The first kappa shape index (κ1) is 73.0. The Bertz CT molecular complexity index is 1190. The molecule has 0 heterocycles. The molecule has 0 aromatic carbocycles. The molecule has 0 atom stereocenters. The van der Waals surface area contributed by atoms with Crippen LogP contribution >= 0.6 is 0 Å². The smallest absolute Gasteiger partial charge is 0.220 e. The van der Waals surface area contributed by atoms with Crippen molar-refractivity contribution in [3.63, 3.8) is 0 Å². The van der Waals surface area contributed by atoms with Crippen molar-refractivity contribution in [2.75, 3.05) is 79.2 Å². The first-order valence-electron chi connectivity index (χ1n) is 25.7. The van der Waals surface area contributed by atoms with Crippen molar-refractivity contribution in [2.24, 2.45) is 16.2 Å². The summed E-state index contributed by atoms with van der Waals surface area (Å²) in [6, 6.07) is 0. The number of carbonyl (C=O) groups excluding carboxylic acids is 3. The van der Waals surface area contributed by atoms with Crippen LogP contribution < -0.4 is 5.32 Å². The van der Waals surface area contributed by atoms with Crippen LogP contribution in [0.5, 0.6) is 0 Å². The van der Waals surface area contributed by atoms with Gasteiger partial charge in [0.25, 0.3) is 0 Å². The highest BCUT2D eigenvalue weighted by Gasteiger charge is 2.18. The first-order chi connectivity index (χ1) is 30.5. The highest BCUT2D eigenvalue weighted by Crippen LogP contribution is 2.21. The molecule has 0 radical (unpaired) electrons. The minimum Gasteiger partial charge on any atom is -0.379 e. The van der Waals surface area contributed by atoms with E-state index < -0.39 is 0 Å². The number of amides is 1. The molecule has 0 fully saturated rings. The summed E-state index contributed by atoms with van der Waals surface area (Å²) in [7, 11) is 0. The molecule has 1 amide bonds. The van der Waals surface area contributed by atoms with E-state index in [0.717, 1.165) is 25.9 Å². The third kappa shape index (κ3) is 78.7. The van der Waals surface area contributed by atoms with Crippen LogP contribution in [0.15, 0.2) is 0 Å². The summed E-state index contributed by atoms with van der Waals surface area (Å²) in [4.78, 5) is 35.0. The van der Waals surface area contributed by atoms with Gasteiger partial charge in [-0.15, -0.1) is 0 Å². The molecule has 12 nitrogen and oxygen atoms in total. The zero-order valence-corrected chi connectivity index (χ0v) is 49.3. The monoisotopic (exact) mass is 978 g/mol. The normalized spacial score (nSPS) is 12.8. The van der Waals surface area contributed by atoms with Gasteiger partial charge in [-0.1, -0.05) is 62.3 Å². The molecule has 0 aliphatic heterocycles. The molecule has 0 aliphatic rings. The van der Waals surface area contributed by atoms with Gasteiger partial charge in [-0.25, -0.2) is 0 Å². The Morgan fingerprint density at radius 2 is 0.618 bits per heavy atom. The molecular weight excluding hydrogens is 863 g/mol. The maximum Gasteiger partial charge on any atom is 0.220 e. The van der Waals surface area contributed by atoms with Crippen LogP contribution in [0.4, 0.5) is 0 Å². The maximum atomic E-state index is 11.7. The van der Waals surface area contributed by atoms with Crippen molar-refractivity contribution >= 4 is 17.5 Å². The number of ketones is 2. The zero-order valence-electron chi connectivity index (χ0n) is 49.3. The molecule has 0 saturated heterocycles. The summed E-state index contributed by atoms with van der Waals surface area (Å²) in [5, 5.41) is 2.87. The Morgan fingerprint density at radius 3 is 0.926 bits per heavy atom. The van der Waals surface area contributed by atoms with Crippen LogP contribution in [0.25, 0.3) is 0 Å². The van der Waals surface area contributed by atoms with E-state index in [9.17, 15) is 14.4 Å². The molecule has 1 N–H and O–H groups in total. The summed E-state index contributed by atoms with van der Waals surface area (Å²) in [6.45, 7) is 57.3. The third-order valence-electron chi connectivity index (χ3n) is 8.30. The van der Waals surface area contributed by atoms with Crippen molar-refractivity contribution < 1.29 is 52.3 Å². The lowest BCUT2D eigenvalue weighted by Gasteiger charge is -2.23. The SMILES string of the molecule is CC(C)(C)CC(=O)CCCOCCOC(C)(C)C.CC(C)(C)CC(=O)NCCCC(=O)CCCOCCOC(C)(C)C.CC(C)(C)CCOCCOC(C)(C)C.CC(C)(C)OCCOC(C)(C)C. The van der Waals surface area contributed by atoms with Gasteiger partial charge in [0, 0.05) is 58.5 Å². The van der Waals surface area contributed by atoms with E-state index in [-0.39, 0.29) is 50.5 Å². The molecule has 0 saturated carbocycles. The average molecular weight is 979 g/mol. The van der Waals surface area contributed by atoms with Crippen molar-refractivity contribution in [3.8, 4) is 0 Å².